The standard InChI is InChI=1S/C19H16F17N/c1-10(11-6-3-2-4-7-11)37-9-5-8-12(20,21)13(22,23)14(24,25)15(26,27)16(28,29)17(30,31)18(32,33)19(34,35)36/h2-4,6-7,10,37H,5,8-9H2,1H3/t10-/m1/s1. The van der Waals surface area contributed by atoms with E-state index in [1.165, 1.54) is 31.2 Å². The van der Waals surface area contributed by atoms with Gasteiger partial charge in [-0.25, -0.2) is 0 Å². The number of rotatable bonds is 12. The molecule has 216 valence electrons. The summed E-state index contributed by atoms with van der Waals surface area (Å²) in [5.74, 6) is -56.0. The molecule has 1 aromatic rings. The molecule has 0 aliphatic heterocycles. The highest BCUT2D eigenvalue weighted by Crippen LogP contribution is 2.64. The first-order chi connectivity index (χ1) is 16.2. The van der Waals surface area contributed by atoms with Gasteiger partial charge in [0.05, 0.1) is 0 Å². The molecule has 0 aromatic heterocycles. The first-order valence-electron chi connectivity index (χ1n) is 9.74. The Morgan fingerprint density at radius 3 is 1.35 bits per heavy atom. The van der Waals surface area contributed by atoms with E-state index < -0.39 is 73.1 Å². The average molecular weight is 581 g/mol. The second-order valence-corrected chi connectivity index (χ2v) is 7.84. The first-order valence-corrected chi connectivity index (χ1v) is 9.74. The van der Waals surface area contributed by atoms with Crippen LogP contribution in [-0.2, 0) is 0 Å². The molecule has 1 nitrogen and oxygen atoms in total. The van der Waals surface area contributed by atoms with Crippen LogP contribution in [0.1, 0.15) is 31.4 Å². The predicted octanol–water partition coefficient (Wildman–Crippen LogP) is 8.13. The molecule has 0 radical (unpaired) electrons. The van der Waals surface area contributed by atoms with Crippen molar-refractivity contribution in [2.45, 2.75) is 73.4 Å². The fourth-order valence-electron chi connectivity index (χ4n) is 2.84. The lowest BCUT2D eigenvalue weighted by molar-refractivity contribution is -0.461. The van der Waals surface area contributed by atoms with Gasteiger partial charge in [0.1, 0.15) is 0 Å². The third-order valence-corrected chi connectivity index (χ3v) is 5.20. The molecule has 1 rings (SSSR count). The van der Waals surface area contributed by atoms with Gasteiger partial charge in [-0.1, -0.05) is 30.3 Å². The van der Waals surface area contributed by atoms with Gasteiger partial charge in [-0.3, -0.25) is 0 Å². The van der Waals surface area contributed by atoms with Crippen molar-refractivity contribution < 1.29 is 74.6 Å². The predicted molar refractivity (Wildman–Crippen MR) is 92.8 cm³/mol. The maximum atomic E-state index is 13.8. The van der Waals surface area contributed by atoms with E-state index in [4.69, 9.17) is 0 Å². The Hall–Kier alpha value is -2.01. The van der Waals surface area contributed by atoms with Crippen molar-refractivity contribution in [2.75, 3.05) is 6.54 Å². The number of nitrogens with one attached hydrogen (secondary N) is 1. The van der Waals surface area contributed by atoms with Crippen LogP contribution in [0.2, 0.25) is 0 Å². The lowest BCUT2D eigenvalue weighted by Gasteiger charge is -2.42. The summed E-state index contributed by atoms with van der Waals surface area (Å²) in [5.41, 5.74) is 0.518. The van der Waals surface area contributed by atoms with Gasteiger partial charge in [0.15, 0.2) is 0 Å². The van der Waals surface area contributed by atoms with Gasteiger partial charge < -0.3 is 5.32 Å². The molecular formula is C19H16F17N. The molecule has 0 aliphatic rings. The minimum Gasteiger partial charge on any atom is -0.310 e. The first kappa shape index (κ1) is 33.0. The topological polar surface area (TPSA) is 12.0 Å². The van der Waals surface area contributed by atoms with Crippen LogP contribution in [0.3, 0.4) is 0 Å². The van der Waals surface area contributed by atoms with E-state index >= 15 is 0 Å². The maximum absolute atomic E-state index is 13.8. The second kappa shape index (κ2) is 9.94. The summed E-state index contributed by atoms with van der Waals surface area (Å²) in [4.78, 5) is 0. The smallest absolute Gasteiger partial charge is 0.310 e. The molecule has 18 heteroatoms. The molecule has 0 fully saturated rings. The molecule has 0 bridgehead atoms. The van der Waals surface area contributed by atoms with Gasteiger partial charge in [0, 0.05) is 12.5 Å². The van der Waals surface area contributed by atoms with Crippen molar-refractivity contribution in [3.63, 3.8) is 0 Å². The van der Waals surface area contributed by atoms with Crippen molar-refractivity contribution in [1.82, 2.24) is 5.32 Å². The minimum absolute atomic E-state index is 0.518. The number of hydrogen-bond donors (Lipinski definition) is 1. The Labute approximate surface area is 197 Å². The summed E-state index contributed by atoms with van der Waals surface area (Å²) in [5, 5.41) is 2.44. The van der Waals surface area contributed by atoms with Gasteiger partial charge in [-0.05, 0) is 25.5 Å². The Balaban J connectivity index is 3.19. The van der Waals surface area contributed by atoms with Crippen LogP contribution in [-0.4, -0.2) is 54.2 Å². The summed E-state index contributed by atoms with van der Waals surface area (Å²) in [6.45, 7) is 0.742. The summed E-state index contributed by atoms with van der Waals surface area (Å²) >= 11 is 0. The van der Waals surface area contributed by atoms with E-state index in [-0.39, 0.29) is 0 Å². The minimum atomic E-state index is -8.60. The third-order valence-electron chi connectivity index (χ3n) is 5.20. The van der Waals surface area contributed by atoms with Crippen LogP contribution in [0.4, 0.5) is 74.6 Å². The maximum Gasteiger partial charge on any atom is 0.460 e. The molecule has 0 amide bonds. The lowest BCUT2D eigenvalue weighted by Crippen LogP contribution is -2.74. The molecule has 0 saturated carbocycles. The molecular weight excluding hydrogens is 565 g/mol. The van der Waals surface area contributed by atoms with E-state index in [1.807, 2.05) is 0 Å². The highest BCUT2D eigenvalue weighted by Gasteiger charge is 2.95. The number of benzene rings is 1. The molecule has 0 aliphatic carbocycles. The Morgan fingerprint density at radius 2 is 0.946 bits per heavy atom. The summed E-state index contributed by atoms with van der Waals surface area (Å²) in [7, 11) is 0. The zero-order valence-electron chi connectivity index (χ0n) is 18.0. The monoisotopic (exact) mass is 581 g/mol. The zero-order chi connectivity index (χ0) is 29.5. The molecule has 0 spiro atoms. The van der Waals surface area contributed by atoms with Crippen molar-refractivity contribution in [2.24, 2.45) is 0 Å². The number of alkyl halides is 17. The largest absolute Gasteiger partial charge is 0.460 e. The summed E-state index contributed by atoms with van der Waals surface area (Å²) < 4.78 is 225. The van der Waals surface area contributed by atoms with Crippen LogP contribution < -0.4 is 5.32 Å². The van der Waals surface area contributed by atoms with Crippen LogP contribution in [0.25, 0.3) is 0 Å². The highest BCUT2D eigenvalue weighted by atomic mass is 19.4. The molecule has 1 atom stereocenters. The summed E-state index contributed by atoms with van der Waals surface area (Å²) in [6.07, 6.45) is -11.4. The SMILES string of the molecule is C[C@@H](NCCCC(F)(F)C(F)(F)C(F)(F)C(F)(F)C(F)(F)C(F)(F)C(F)(F)C(F)(F)F)c1ccccc1. The fourth-order valence-corrected chi connectivity index (χ4v) is 2.84. The van der Waals surface area contributed by atoms with Crippen LogP contribution in [0.15, 0.2) is 30.3 Å². The van der Waals surface area contributed by atoms with Crippen LogP contribution in [0, 0.1) is 0 Å². The van der Waals surface area contributed by atoms with Gasteiger partial charge in [0.2, 0.25) is 0 Å². The van der Waals surface area contributed by atoms with E-state index in [9.17, 15) is 74.6 Å². The normalized spacial score (nSPS) is 16.2. The lowest BCUT2D eigenvalue weighted by atomic mass is 9.88. The number of hydrogen-bond acceptors (Lipinski definition) is 1. The van der Waals surface area contributed by atoms with Gasteiger partial charge >= 0.3 is 47.6 Å². The van der Waals surface area contributed by atoms with Crippen molar-refractivity contribution >= 4 is 0 Å². The molecule has 37 heavy (non-hydrogen) atoms. The Kier molecular flexibility index (Phi) is 8.87. The second-order valence-electron chi connectivity index (χ2n) is 7.84. The molecule has 1 N–H and O–H groups in total. The fraction of sp³-hybridized carbons (Fsp3) is 0.684. The van der Waals surface area contributed by atoms with Crippen molar-refractivity contribution in [3.05, 3.63) is 35.9 Å². The molecule has 0 unspecified atom stereocenters. The van der Waals surface area contributed by atoms with Crippen LogP contribution >= 0.6 is 0 Å². The van der Waals surface area contributed by atoms with E-state index in [1.54, 1.807) is 6.07 Å². The van der Waals surface area contributed by atoms with Crippen molar-refractivity contribution in [3.8, 4) is 0 Å². The molecule has 0 saturated heterocycles. The number of halogens is 17. The van der Waals surface area contributed by atoms with Crippen molar-refractivity contribution in [1.29, 1.82) is 0 Å². The summed E-state index contributed by atoms with van der Waals surface area (Å²) in [6, 6.07) is 7.03. The zero-order valence-corrected chi connectivity index (χ0v) is 18.0. The Morgan fingerprint density at radius 1 is 0.568 bits per heavy atom. The highest BCUT2D eigenvalue weighted by molar-refractivity contribution is 5.18. The van der Waals surface area contributed by atoms with Gasteiger partial charge in [-0.15, -0.1) is 0 Å². The van der Waals surface area contributed by atoms with Gasteiger partial charge in [0.25, 0.3) is 0 Å². The Bertz CT molecular complexity index is 892. The quantitative estimate of drug-likeness (QED) is 0.194. The van der Waals surface area contributed by atoms with Crippen LogP contribution in [0.5, 0.6) is 0 Å². The average Bonchev–Trinajstić information content (AvgIpc) is 2.75. The van der Waals surface area contributed by atoms with E-state index in [0.29, 0.717) is 5.56 Å². The van der Waals surface area contributed by atoms with E-state index in [2.05, 4.69) is 5.32 Å². The third kappa shape index (κ3) is 5.30. The molecule has 1 aromatic carbocycles. The van der Waals surface area contributed by atoms with E-state index in [0.717, 1.165) is 0 Å². The molecule has 0 heterocycles. The van der Waals surface area contributed by atoms with Gasteiger partial charge in [-0.2, -0.15) is 74.6 Å².